The highest BCUT2D eigenvalue weighted by molar-refractivity contribution is 7.90. The first kappa shape index (κ1) is 15.1. The van der Waals surface area contributed by atoms with Crippen molar-refractivity contribution in [1.29, 1.82) is 10.5 Å². The molecule has 0 aliphatic carbocycles. The van der Waals surface area contributed by atoms with Gasteiger partial charge in [0, 0.05) is 18.5 Å². The van der Waals surface area contributed by atoms with Crippen LogP contribution in [0.4, 0.5) is 11.4 Å². The van der Waals surface area contributed by atoms with E-state index in [9.17, 15) is 18.5 Å². The van der Waals surface area contributed by atoms with E-state index in [0.29, 0.717) is 0 Å². The number of sulfone groups is 1. The molecule has 0 unspecified atom stereocenters. The maximum absolute atomic E-state index is 11.3. The predicted octanol–water partition coefficient (Wildman–Crippen LogP) is 1.34. The van der Waals surface area contributed by atoms with Gasteiger partial charge < -0.3 is 5.32 Å². The molecule has 0 fully saturated rings. The maximum atomic E-state index is 11.3. The standard InChI is InChI=1S/C11H8N4O4S/c1-20(18,19)9-2-3-10(11(4-9)15(16)17)14-7-8(5-12)6-13/h2-4,7,14H,1H3. The van der Waals surface area contributed by atoms with Crippen molar-refractivity contribution < 1.29 is 13.3 Å². The van der Waals surface area contributed by atoms with Gasteiger partial charge in [-0.05, 0) is 12.1 Å². The van der Waals surface area contributed by atoms with E-state index in [1.54, 1.807) is 12.1 Å². The smallest absolute Gasteiger partial charge is 0.293 e. The minimum atomic E-state index is -3.57. The van der Waals surface area contributed by atoms with E-state index in [-0.39, 0.29) is 16.2 Å². The molecule has 8 nitrogen and oxygen atoms in total. The van der Waals surface area contributed by atoms with Crippen LogP contribution in [0.1, 0.15) is 0 Å². The van der Waals surface area contributed by atoms with Crippen LogP contribution in [0.15, 0.2) is 34.9 Å². The fourth-order valence-corrected chi connectivity index (χ4v) is 1.90. The van der Waals surface area contributed by atoms with Gasteiger partial charge in [-0.2, -0.15) is 10.5 Å². The highest BCUT2D eigenvalue weighted by Gasteiger charge is 2.18. The van der Waals surface area contributed by atoms with Crippen LogP contribution in [0.3, 0.4) is 0 Å². The zero-order chi connectivity index (χ0) is 15.3. The molecule has 0 amide bonds. The van der Waals surface area contributed by atoms with Crippen LogP contribution in [-0.4, -0.2) is 19.6 Å². The molecule has 0 aromatic heterocycles. The van der Waals surface area contributed by atoms with Crippen molar-refractivity contribution in [2.45, 2.75) is 4.90 Å². The lowest BCUT2D eigenvalue weighted by atomic mass is 10.2. The van der Waals surface area contributed by atoms with Gasteiger partial charge >= 0.3 is 0 Å². The number of nitro groups is 1. The van der Waals surface area contributed by atoms with Crippen LogP contribution in [0, 0.1) is 32.8 Å². The summed E-state index contributed by atoms with van der Waals surface area (Å²) in [5, 5.41) is 30.4. The molecule has 1 N–H and O–H groups in total. The highest BCUT2D eigenvalue weighted by atomic mass is 32.2. The molecule has 1 aromatic carbocycles. The van der Waals surface area contributed by atoms with Crippen LogP contribution in [0.2, 0.25) is 0 Å². The summed E-state index contributed by atoms with van der Waals surface area (Å²) < 4.78 is 22.7. The van der Waals surface area contributed by atoms with Crippen molar-refractivity contribution in [3.63, 3.8) is 0 Å². The number of nitrogens with zero attached hydrogens (tertiary/aromatic N) is 3. The Bertz CT molecular complexity index is 753. The second-order valence-corrected chi connectivity index (χ2v) is 5.65. The lowest BCUT2D eigenvalue weighted by molar-refractivity contribution is -0.384. The summed E-state index contributed by atoms with van der Waals surface area (Å²) in [5.41, 5.74) is -0.767. The number of benzene rings is 1. The number of hydrogen-bond donors (Lipinski definition) is 1. The summed E-state index contributed by atoms with van der Waals surface area (Å²) in [5.74, 6) is 0. The lowest BCUT2D eigenvalue weighted by Crippen LogP contribution is -2.01. The topological polar surface area (TPSA) is 137 Å². The molecule has 20 heavy (non-hydrogen) atoms. The van der Waals surface area contributed by atoms with Crippen molar-refractivity contribution >= 4 is 21.2 Å². The monoisotopic (exact) mass is 292 g/mol. The first-order chi connectivity index (χ1) is 9.29. The Morgan fingerprint density at radius 1 is 1.40 bits per heavy atom. The van der Waals surface area contributed by atoms with Crippen molar-refractivity contribution in [2.24, 2.45) is 0 Å². The number of anilines is 1. The van der Waals surface area contributed by atoms with E-state index >= 15 is 0 Å². The molecule has 0 radical (unpaired) electrons. The van der Waals surface area contributed by atoms with E-state index in [0.717, 1.165) is 18.5 Å². The Hall–Kier alpha value is -2.91. The Morgan fingerprint density at radius 2 is 2.00 bits per heavy atom. The minimum absolute atomic E-state index is 0.0228. The third-order valence-electron chi connectivity index (χ3n) is 2.21. The van der Waals surface area contributed by atoms with E-state index < -0.39 is 20.4 Å². The molecule has 0 heterocycles. The summed E-state index contributed by atoms with van der Waals surface area (Å²) >= 11 is 0. The minimum Gasteiger partial charge on any atom is -0.354 e. The molecule has 0 saturated heterocycles. The SMILES string of the molecule is CS(=O)(=O)c1ccc(NC=C(C#N)C#N)c([N+](=O)[O-])c1. The average Bonchev–Trinajstić information content (AvgIpc) is 2.38. The molecule has 9 heteroatoms. The molecule has 0 bridgehead atoms. The molecular formula is C11H8N4O4S. The fraction of sp³-hybridized carbons (Fsp3) is 0.0909. The maximum Gasteiger partial charge on any atom is 0.293 e. The zero-order valence-electron chi connectivity index (χ0n) is 10.2. The average molecular weight is 292 g/mol. The van der Waals surface area contributed by atoms with Gasteiger partial charge in [-0.15, -0.1) is 0 Å². The molecule has 1 aromatic rings. The van der Waals surface area contributed by atoms with Gasteiger partial charge in [-0.3, -0.25) is 10.1 Å². The summed E-state index contributed by atoms with van der Waals surface area (Å²) in [6.07, 6.45) is 1.94. The molecule has 0 aliphatic heterocycles. The number of nitrogens with one attached hydrogen (secondary N) is 1. The van der Waals surface area contributed by atoms with Gasteiger partial charge in [-0.1, -0.05) is 0 Å². The summed E-state index contributed by atoms with van der Waals surface area (Å²) in [6, 6.07) is 6.45. The summed E-state index contributed by atoms with van der Waals surface area (Å²) in [6.45, 7) is 0. The second kappa shape index (κ2) is 5.82. The van der Waals surface area contributed by atoms with Crippen LogP contribution < -0.4 is 5.32 Å². The molecule has 0 aliphatic rings. The van der Waals surface area contributed by atoms with Gasteiger partial charge in [0.05, 0.1) is 9.82 Å². The number of allylic oxidation sites excluding steroid dienone is 1. The van der Waals surface area contributed by atoms with Crippen molar-refractivity contribution in [2.75, 3.05) is 11.6 Å². The molecule has 102 valence electrons. The summed E-state index contributed by atoms with van der Waals surface area (Å²) in [4.78, 5) is 9.95. The number of hydrogen-bond acceptors (Lipinski definition) is 7. The van der Waals surface area contributed by atoms with Gasteiger partial charge in [-0.25, -0.2) is 8.42 Å². The van der Waals surface area contributed by atoms with Crippen molar-refractivity contribution in [3.8, 4) is 12.1 Å². The van der Waals surface area contributed by atoms with Crippen LogP contribution in [0.5, 0.6) is 0 Å². The van der Waals surface area contributed by atoms with Gasteiger partial charge in [0.15, 0.2) is 9.84 Å². The Labute approximate surface area is 114 Å². The summed E-state index contributed by atoms with van der Waals surface area (Å²) in [7, 11) is -3.57. The lowest BCUT2D eigenvalue weighted by Gasteiger charge is -2.04. The van der Waals surface area contributed by atoms with E-state index in [1.165, 1.54) is 12.1 Å². The van der Waals surface area contributed by atoms with E-state index in [2.05, 4.69) is 5.32 Å². The quantitative estimate of drug-likeness (QED) is 0.502. The zero-order valence-corrected chi connectivity index (χ0v) is 11.0. The largest absolute Gasteiger partial charge is 0.354 e. The Kier molecular flexibility index (Phi) is 4.41. The van der Waals surface area contributed by atoms with Gasteiger partial charge in [0.25, 0.3) is 5.69 Å². The third-order valence-corrected chi connectivity index (χ3v) is 3.32. The Balaban J connectivity index is 3.30. The first-order valence-electron chi connectivity index (χ1n) is 5.05. The van der Waals surface area contributed by atoms with Crippen molar-refractivity contribution in [3.05, 3.63) is 40.1 Å². The number of nitro benzene ring substituents is 1. The molecule has 1 rings (SSSR count). The van der Waals surface area contributed by atoms with Crippen molar-refractivity contribution in [1.82, 2.24) is 0 Å². The molecule has 0 saturated carbocycles. The second-order valence-electron chi connectivity index (χ2n) is 3.63. The number of nitriles is 2. The predicted molar refractivity (Wildman–Crippen MR) is 69.1 cm³/mol. The van der Waals surface area contributed by atoms with Gasteiger partial charge in [0.1, 0.15) is 23.4 Å². The highest BCUT2D eigenvalue weighted by Crippen LogP contribution is 2.27. The normalized spacial score (nSPS) is 9.95. The van der Waals surface area contributed by atoms with Crippen LogP contribution >= 0.6 is 0 Å². The van der Waals surface area contributed by atoms with E-state index in [4.69, 9.17) is 10.5 Å². The number of rotatable bonds is 4. The molecule has 0 atom stereocenters. The fourth-order valence-electron chi connectivity index (χ4n) is 1.25. The Morgan fingerprint density at radius 3 is 2.45 bits per heavy atom. The van der Waals surface area contributed by atoms with Crippen LogP contribution in [-0.2, 0) is 9.84 Å². The van der Waals surface area contributed by atoms with Gasteiger partial charge in [0.2, 0.25) is 0 Å². The molecular weight excluding hydrogens is 284 g/mol. The third kappa shape index (κ3) is 3.54. The van der Waals surface area contributed by atoms with E-state index in [1.807, 2.05) is 0 Å². The molecule has 0 spiro atoms. The first-order valence-corrected chi connectivity index (χ1v) is 6.94. The van der Waals surface area contributed by atoms with Crippen LogP contribution in [0.25, 0.3) is 0 Å².